The molecule has 0 fully saturated rings. The number of nitrogens with one attached hydrogen (secondary N) is 2. The number of sulfonamides is 1. The zero-order valence-corrected chi connectivity index (χ0v) is 10.6. The van der Waals surface area contributed by atoms with Crippen LogP contribution in [0.4, 0.5) is 0 Å². The first-order valence-corrected chi connectivity index (χ1v) is 6.81. The molecule has 9 heteroatoms. The number of carboxylic acids is 1. The molecule has 0 bridgehead atoms. The first-order valence-electron chi connectivity index (χ1n) is 5.33. The van der Waals surface area contributed by atoms with Gasteiger partial charge >= 0.3 is 5.97 Å². The first-order chi connectivity index (χ1) is 8.97. The maximum atomic E-state index is 11.9. The van der Waals surface area contributed by atoms with Crippen LogP contribution in [0.2, 0.25) is 0 Å². The highest BCUT2D eigenvalue weighted by Gasteiger charge is 2.16. The maximum Gasteiger partial charge on any atom is 0.325 e. The largest absolute Gasteiger partial charge is 0.480 e. The van der Waals surface area contributed by atoms with Crippen LogP contribution in [-0.2, 0) is 27.9 Å². The number of aliphatic carboxylic acids is 1. The van der Waals surface area contributed by atoms with E-state index in [0.29, 0.717) is 0 Å². The summed E-state index contributed by atoms with van der Waals surface area (Å²) >= 11 is 0. The molecule has 2 rings (SSSR count). The Morgan fingerprint density at radius 2 is 2.32 bits per heavy atom. The number of H-pyrrole nitrogens is 1. The highest BCUT2D eigenvalue weighted by Crippen LogP contribution is 2.08. The molecule has 2 aromatic heterocycles. The molecule has 19 heavy (non-hydrogen) atoms. The van der Waals surface area contributed by atoms with Gasteiger partial charge in [0.05, 0.1) is 6.20 Å². The molecular weight excluding hydrogens is 272 g/mol. The topological polar surface area (TPSA) is 117 Å². The van der Waals surface area contributed by atoms with Crippen molar-refractivity contribution < 1.29 is 18.3 Å². The number of hydrogen-bond acceptors (Lipinski definition) is 4. The van der Waals surface area contributed by atoms with Crippen LogP contribution in [0.3, 0.4) is 0 Å². The van der Waals surface area contributed by atoms with Gasteiger partial charge in [0.1, 0.15) is 11.4 Å². The molecule has 0 amide bonds. The van der Waals surface area contributed by atoms with E-state index in [1.807, 2.05) is 0 Å². The van der Waals surface area contributed by atoms with Crippen LogP contribution in [0.15, 0.2) is 35.7 Å². The summed E-state index contributed by atoms with van der Waals surface area (Å²) in [4.78, 5) is 13.2. The number of aromatic amines is 1. The fourth-order valence-electron chi connectivity index (χ4n) is 1.44. The second kappa shape index (κ2) is 5.24. The Bertz CT molecular complexity index is 660. The molecule has 8 nitrogen and oxygen atoms in total. The predicted molar refractivity (Wildman–Crippen MR) is 64.7 cm³/mol. The van der Waals surface area contributed by atoms with Crippen molar-refractivity contribution in [2.24, 2.45) is 0 Å². The summed E-state index contributed by atoms with van der Waals surface area (Å²) in [6.45, 7) is -0.233. The lowest BCUT2D eigenvalue weighted by Gasteiger charge is -2.02. The van der Waals surface area contributed by atoms with Crippen LogP contribution >= 0.6 is 0 Å². The van der Waals surface area contributed by atoms with Crippen LogP contribution in [0.25, 0.3) is 0 Å². The van der Waals surface area contributed by atoms with Gasteiger partial charge in [0.25, 0.3) is 0 Å². The molecule has 0 saturated carbocycles. The first kappa shape index (κ1) is 13.3. The number of nitrogens with zero attached hydrogens (tertiary/aromatic N) is 2. The molecule has 102 valence electrons. The van der Waals surface area contributed by atoms with Crippen LogP contribution in [0.5, 0.6) is 0 Å². The monoisotopic (exact) mass is 284 g/mol. The van der Waals surface area contributed by atoms with E-state index in [9.17, 15) is 13.2 Å². The van der Waals surface area contributed by atoms with Gasteiger partial charge in [-0.1, -0.05) is 0 Å². The van der Waals surface area contributed by atoms with E-state index >= 15 is 0 Å². The highest BCUT2D eigenvalue weighted by molar-refractivity contribution is 7.89. The standard InChI is InChI=1S/C10H12N4O4S/c15-10(16)7-14-6-9(5-12-14)19(17,18)13-4-8-1-2-11-3-8/h1-3,5-6,11,13H,4,7H2,(H,15,16). The van der Waals surface area contributed by atoms with Gasteiger partial charge in [-0.2, -0.15) is 5.10 Å². The van der Waals surface area contributed by atoms with E-state index in [1.54, 1.807) is 18.5 Å². The summed E-state index contributed by atoms with van der Waals surface area (Å²) in [6.07, 6.45) is 5.65. The van der Waals surface area contributed by atoms with Crippen LogP contribution in [-0.4, -0.2) is 34.3 Å². The minimum atomic E-state index is -3.69. The summed E-state index contributed by atoms with van der Waals surface area (Å²) in [7, 11) is -3.69. The molecule has 0 aliphatic carbocycles. The third kappa shape index (κ3) is 3.42. The Morgan fingerprint density at radius 3 is 2.95 bits per heavy atom. The van der Waals surface area contributed by atoms with Crippen LogP contribution in [0, 0.1) is 0 Å². The molecule has 0 radical (unpaired) electrons. The van der Waals surface area contributed by atoms with Crippen LogP contribution in [0.1, 0.15) is 5.56 Å². The molecule has 0 unspecified atom stereocenters. The Hall–Kier alpha value is -2.13. The Labute approximate surface area is 109 Å². The minimum absolute atomic E-state index is 0.0655. The van der Waals surface area contributed by atoms with Gasteiger partial charge in [0, 0.05) is 25.1 Å². The van der Waals surface area contributed by atoms with Gasteiger partial charge in [0.2, 0.25) is 10.0 Å². The van der Waals surface area contributed by atoms with Crippen molar-refractivity contribution in [1.29, 1.82) is 0 Å². The van der Waals surface area contributed by atoms with Crippen molar-refractivity contribution in [3.63, 3.8) is 0 Å². The van der Waals surface area contributed by atoms with Crippen molar-refractivity contribution in [3.05, 3.63) is 36.4 Å². The number of rotatable bonds is 6. The molecule has 2 heterocycles. The molecule has 3 N–H and O–H groups in total. The lowest BCUT2D eigenvalue weighted by Crippen LogP contribution is -2.22. The quantitative estimate of drug-likeness (QED) is 0.677. The summed E-state index contributed by atoms with van der Waals surface area (Å²) in [5.74, 6) is -1.09. The molecule has 0 saturated heterocycles. The number of carbonyl (C=O) groups is 1. The van der Waals surface area contributed by atoms with Gasteiger partial charge in [-0.15, -0.1) is 0 Å². The van der Waals surface area contributed by atoms with Gasteiger partial charge < -0.3 is 10.1 Å². The Kier molecular flexibility index (Phi) is 3.67. The molecule has 0 atom stereocenters. The van der Waals surface area contributed by atoms with E-state index < -0.39 is 16.0 Å². The molecule has 0 aromatic carbocycles. The van der Waals surface area contributed by atoms with E-state index in [4.69, 9.17) is 5.11 Å². The molecule has 0 spiro atoms. The molecule has 0 aliphatic heterocycles. The van der Waals surface area contributed by atoms with Crippen LogP contribution < -0.4 is 4.72 Å². The lowest BCUT2D eigenvalue weighted by molar-refractivity contribution is -0.137. The summed E-state index contributed by atoms with van der Waals surface area (Å²) in [5.41, 5.74) is 0.793. The number of aromatic nitrogens is 3. The van der Waals surface area contributed by atoms with Gasteiger partial charge in [0.15, 0.2) is 0 Å². The van der Waals surface area contributed by atoms with Crippen molar-refractivity contribution in [2.75, 3.05) is 0 Å². The minimum Gasteiger partial charge on any atom is -0.480 e. The summed E-state index contributed by atoms with van der Waals surface area (Å²) in [5, 5.41) is 12.3. The van der Waals surface area contributed by atoms with Gasteiger partial charge in [-0.05, 0) is 11.6 Å². The normalized spacial score (nSPS) is 11.6. The Balaban J connectivity index is 2.06. The van der Waals surface area contributed by atoms with E-state index in [1.165, 1.54) is 6.20 Å². The molecule has 0 aliphatic rings. The third-order valence-corrected chi connectivity index (χ3v) is 3.70. The van der Waals surface area contributed by atoms with E-state index in [-0.39, 0.29) is 18.0 Å². The highest BCUT2D eigenvalue weighted by atomic mass is 32.2. The Morgan fingerprint density at radius 1 is 1.53 bits per heavy atom. The summed E-state index contributed by atoms with van der Waals surface area (Å²) < 4.78 is 27.3. The molecular formula is C10H12N4O4S. The average Bonchev–Trinajstić information content (AvgIpc) is 2.96. The zero-order chi connectivity index (χ0) is 13.9. The second-order valence-corrected chi connectivity index (χ2v) is 5.58. The number of hydrogen-bond donors (Lipinski definition) is 3. The fraction of sp³-hybridized carbons (Fsp3) is 0.200. The third-order valence-electron chi connectivity index (χ3n) is 2.35. The average molecular weight is 284 g/mol. The smallest absolute Gasteiger partial charge is 0.325 e. The van der Waals surface area contributed by atoms with E-state index in [2.05, 4.69) is 14.8 Å². The molecule has 2 aromatic rings. The number of carboxylic acid groups (broad SMARTS) is 1. The lowest BCUT2D eigenvalue weighted by atomic mass is 10.4. The van der Waals surface area contributed by atoms with Gasteiger partial charge in [-0.3, -0.25) is 9.48 Å². The predicted octanol–water partition coefficient (Wildman–Crippen LogP) is -0.226. The summed E-state index contributed by atoms with van der Waals surface area (Å²) in [6, 6.07) is 1.75. The SMILES string of the molecule is O=C(O)Cn1cc(S(=O)(=O)NCc2cc[nH]c2)cn1. The van der Waals surface area contributed by atoms with E-state index in [0.717, 1.165) is 16.4 Å². The van der Waals surface area contributed by atoms with Crippen molar-refractivity contribution in [3.8, 4) is 0 Å². The van der Waals surface area contributed by atoms with Gasteiger partial charge in [-0.25, -0.2) is 13.1 Å². The van der Waals surface area contributed by atoms with Crippen molar-refractivity contribution >= 4 is 16.0 Å². The second-order valence-electron chi connectivity index (χ2n) is 3.81. The zero-order valence-electron chi connectivity index (χ0n) is 9.78. The van der Waals surface area contributed by atoms with Crippen molar-refractivity contribution in [2.45, 2.75) is 18.0 Å². The fourth-order valence-corrected chi connectivity index (χ4v) is 2.41. The maximum absolute atomic E-state index is 11.9. The van der Waals surface area contributed by atoms with Crippen molar-refractivity contribution in [1.82, 2.24) is 19.5 Å².